The highest BCUT2D eigenvalue weighted by molar-refractivity contribution is 5.87. The summed E-state index contributed by atoms with van der Waals surface area (Å²) in [4.78, 5) is 29.6. The third kappa shape index (κ3) is 7.36. The lowest BCUT2D eigenvalue weighted by Crippen LogP contribution is -2.55. The zero-order valence-corrected chi connectivity index (χ0v) is 24.5. The second-order valence-electron chi connectivity index (χ2n) is 12.2. The van der Waals surface area contributed by atoms with E-state index in [9.17, 15) is 40.3 Å². The highest BCUT2D eigenvalue weighted by atomic mass is 19.4. The van der Waals surface area contributed by atoms with Crippen molar-refractivity contribution in [1.29, 1.82) is 0 Å². The van der Waals surface area contributed by atoms with Gasteiger partial charge in [-0.15, -0.1) is 0 Å². The van der Waals surface area contributed by atoms with Gasteiger partial charge in [0, 0.05) is 32.1 Å². The van der Waals surface area contributed by atoms with Gasteiger partial charge in [0.05, 0.1) is 16.5 Å². The number of rotatable bonds is 4. The number of ether oxygens (including phenoxy) is 1. The number of amides is 2. The molecule has 0 bridgehead atoms. The number of aryl methyl sites for hydroxylation is 1. The molecule has 2 aromatic carbocycles. The molecule has 232 valence electrons. The monoisotopic (exact) mass is 604 g/mol. The fraction of sp³-hybridized carbons (Fsp3) is 0.533. The van der Waals surface area contributed by atoms with Crippen LogP contribution in [0, 0.1) is 12.7 Å². The Labute approximate surface area is 240 Å². The molecule has 0 aromatic heterocycles. The summed E-state index contributed by atoms with van der Waals surface area (Å²) in [7, 11) is 1.43. The molecule has 3 rings (SSSR count). The van der Waals surface area contributed by atoms with Crippen LogP contribution >= 0.6 is 0 Å². The average Bonchev–Trinajstić information content (AvgIpc) is 2.85. The van der Waals surface area contributed by atoms with E-state index in [-0.39, 0.29) is 25.6 Å². The van der Waals surface area contributed by atoms with Gasteiger partial charge < -0.3 is 14.5 Å². The molecule has 2 aromatic rings. The van der Waals surface area contributed by atoms with Crippen molar-refractivity contribution in [1.82, 2.24) is 9.80 Å². The van der Waals surface area contributed by atoms with Gasteiger partial charge in [0.2, 0.25) is 5.91 Å². The number of nitrogens with zero attached hydrogens (tertiary/aromatic N) is 2. The maximum Gasteiger partial charge on any atom is 0.416 e. The van der Waals surface area contributed by atoms with Gasteiger partial charge in [-0.2, -0.15) is 26.3 Å². The fourth-order valence-corrected chi connectivity index (χ4v) is 5.29. The van der Waals surface area contributed by atoms with Gasteiger partial charge in [-0.05, 0) is 95.0 Å². The quantitative estimate of drug-likeness (QED) is 0.336. The highest BCUT2D eigenvalue weighted by Gasteiger charge is 2.44. The lowest BCUT2D eigenvalue weighted by Gasteiger charge is -2.45. The molecule has 2 atom stereocenters. The maximum absolute atomic E-state index is 14.0. The molecule has 1 aliphatic rings. The standard InChI is InChI=1S/C30H35F7N2O3/c1-17-12-21(31)8-9-22(17)23-16-39(26(41)42-27(2,3)4)11-10-24(23)38(7)25(40)28(5,6)18-13-19(29(32,33)34)15-20(14-18)30(35,36)37/h8-9,12-15,23-24H,10-11,16H2,1-7H3/t23-,24+/m0/s1. The van der Waals surface area contributed by atoms with Crippen LogP contribution < -0.4 is 0 Å². The molecule has 1 saturated heterocycles. The molecule has 0 saturated carbocycles. The van der Waals surface area contributed by atoms with Crippen molar-refractivity contribution in [3.8, 4) is 0 Å². The number of piperidine rings is 1. The maximum atomic E-state index is 14.0. The second kappa shape index (κ2) is 11.4. The molecular formula is C30H35F7N2O3. The Morgan fingerprint density at radius 1 is 0.881 bits per heavy atom. The largest absolute Gasteiger partial charge is 0.444 e. The average molecular weight is 605 g/mol. The minimum atomic E-state index is -5.07. The molecule has 0 radical (unpaired) electrons. The molecule has 0 aliphatic carbocycles. The lowest BCUT2D eigenvalue weighted by atomic mass is 9.78. The molecule has 42 heavy (non-hydrogen) atoms. The van der Waals surface area contributed by atoms with Crippen LogP contribution in [-0.4, -0.2) is 53.6 Å². The minimum absolute atomic E-state index is 0.0213. The van der Waals surface area contributed by atoms with Gasteiger partial charge in [-0.25, -0.2) is 9.18 Å². The van der Waals surface area contributed by atoms with Gasteiger partial charge in [0.25, 0.3) is 0 Å². The number of carbonyl (C=O) groups excluding carboxylic acids is 2. The summed E-state index contributed by atoms with van der Waals surface area (Å²) in [5.41, 5.74) is -4.83. The molecule has 0 spiro atoms. The van der Waals surface area contributed by atoms with Gasteiger partial charge >= 0.3 is 18.4 Å². The highest BCUT2D eigenvalue weighted by Crippen LogP contribution is 2.41. The summed E-state index contributed by atoms with van der Waals surface area (Å²) in [6, 6.07) is 4.64. The Kier molecular flexibility index (Phi) is 9.02. The van der Waals surface area contributed by atoms with E-state index < -0.39 is 69.8 Å². The van der Waals surface area contributed by atoms with Crippen LogP contribution in [0.5, 0.6) is 0 Å². The number of likely N-dealkylation sites (N-methyl/N-ethyl adjacent to an activating group) is 1. The first-order valence-corrected chi connectivity index (χ1v) is 13.3. The van der Waals surface area contributed by atoms with Crippen molar-refractivity contribution < 1.29 is 45.1 Å². The van der Waals surface area contributed by atoms with E-state index in [2.05, 4.69) is 0 Å². The van der Waals surface area contributed by atoms with Crippen LogP contribution in [0.15, 0.2) is 36.4 Å². The molecule has 2 amide bonds. The third-order valence-corrected chi connectivity index (χ3v) is 7.52. The zero-order valence-electron chi connectivity index (χ0n) is 24.5. The van der Waals surface area contributed by atoms with Gasteiger partial charge in [0.15, 0.2) is 0 Å². The molecular weight excluding hydrogens is 569 g/mol. The Balaban J connectivity index is 2.03. The molecule has 1 aliphatic heterocycles. The summed E-state index contributed by atoms with van der Waals surface area (Å²) in [6.45, 7) is 9.63. The molecule has 12 heteroatoms. The minimum Gasteiger partial charge on any atom is -0.444 e. The van der Waals surface area contributed by atoms with Crippen LogP contribution in [0.1, 0.15) is 74.8 Å². The zero-order chi connectivity index (χ0) is 32.0. The molecule has 1 heterocycles. The molecule has 5 nitrogen and oxygen atoms in total. The van der Waals surface area contributed by atoms with Crippen molar-refractivity contribution in [3.05, 3.63) is 70.0 Å². The number of hydrogen-bond acceptors (Lipinski definition) is 3. The summed E-state index contributed by atoms with van der Waals surface area (Å²) >= 11 is 0. The number of carbonyl (C=O) groups is 2. The van der Waals surface area contributed by atoms with E-state index in [0.717, 1.165) is 0 Å². The predicted molar refractivity (Wildman–Crippen MR) is 142 cm³/mol. The van der Waals surface area contributed by atoms with Crippen molar-refractivity contribution >= 4 is 12.0 Å². The van der Waals surface area contributed by atoms with E-state index in [1.54, 1.807) is 33.8 Å². The SMILES string of the molecule is Cc1cc(F)ccc1[C@@H]1CN(C(=O)OC(C)(C)C)CC[C@H]1N(C)C(=O)C(C)(C)c1cc(C(F)(F)F)cc(C(F)(F)F)c1. The summed E-state index contributed by atoms with van der Waals surface area (Å²) in [5.74, 6) is -1.75. The number of likely N-dealkylation sites (tertiary alicyclic amines) is 1. The second-order valence-corrected chi connectivity index (χ2v) is 12.2. The van der Waals surface area contributed by atoms with Crippen LogP contribution in [0.4, 0.5) is 35.5 Å². The van der Waals surface area contributed by atoms with Crippen LogP contribution in [-0.2, 0) is 27.3 Å². The van der Waals surface area contributed by atoms with E-state index in [0.29, 0.717) is 23.3 Å². The number of benzene rings is 2. The Morgan fingerprint density at radius 3 is 1.88 bits per heavy atom. The van der Waals surface area contributed by atoms with E-state index in [1.807, 2.05) is 0 Å². The fourth-order valence-electron chi connectivity index (χ4n) is 5.29. The van der Waals surface area contributed by atoms with Crippen molar-refractivity contribution in [2.75, 3.05) is 20.1 Å². The van der Waals surface area contributed by atoms with E-state index >= 15 is 0 Å². The van der Waals surface area contributed by atoms with Crippen LogP contribution in [0.3, 0.4) is 0 Å². The van der Waals surface area contributed by atoms with Crippen molar-refractivity contribution in [2.45, 2.75) is 83.3 Å². The first kappa shape index (κ1) is 33.2. The normalized spacial score (nSPS) is 18.6. The molecule has 1 fully saturated rings. The van der Waals surface area contributed by atoms with Crippen molar-refractivity contribution in [2.24, 2.45) is 0 Å². The van der Waals surface area contributed by atoms with E-state index in [1.165, 1.54) is 42.8 Å². The Morgan fingerprint density at radius 2 is 1.40 bits per heavy atom. The number of hydrogen-bond donors (Lipinski definition) is 0. The van der Waals surface area contributed by atoms with Gasteiger partial charge in [-0.1, -0.05) is 6.07 Å². The van der Waals surface area contributed by atoms with Crippen LogP contribution in [0.2, 0.25) is 0 Å². The van der Waals surface area contributed by atoms with Gasteiger partial charge in [0.1, 0.15) is 11.4 Å². The Hall–Kier alpha value is -3.31. The lowest BCUT2D eigenvalue weighted by molar-refractivity contribution is -0.144. The summed E-state index contributed by atoms with van der Waals surface area (Å²) in [5, 5.41) is 0. The summed E-state index contributed by atoms with van der Waals surface area (Å²) < 4.78 is 101. The number of alkyl halides is 6. The first-order valence-electron chi connectivity index (χ1n) is 13.3. The topological polar surface area (TPSA) is 49.9 Å². The van der Waals surface area contributed by atoms with Crippen LogP contribution in [0.25, 0.3) is 0 Å². The van der Waals surface area contributed by atoms with E-state index in [4.69, 9.17) is 4.74 Å². The molecule has 0 unspecified atom stereocenters. The first-order chi connectivity index (χ1) is 19.0. The van der Waals surface area contributed by atoms with Gasteiger partial charge in [-0.3, -0.25) is 4.79 Å². The van der Waals surface area contributed by atoms with Crippen molar-refractivity contribution in [3.63, 3.8) is 0 Å². The number of halogens is 7. The molecule has 0 N–H and O–H groups in total. The Bertz CT molecular complexity index is 1300. The smallest absolute Gasteiger partial charge is 0.416 e. The third-order valence-electron chi connectivity index (χ3n) is 7.52. The summed E-state index contributed by atoms with van der Waals surface area (Å²) in [6.07, 6.45) is -10.5. The predicted octanol–water partition coefficient (Wildman–Crippen LogP) is 7.70.